The van der Waals surface area contributed by atoms with Gasteiger partial charge in [-0.1, -0.05) is 0 Å². The maximum absolute atomic E-state index is 13.5. The van der Waals surface area contributed by atoms with Gasteiger partial charge in [0, 0.05) is 24.5 Å². The van der Waals surface area contributed by atoms with Crippen molar-refractivity contribution in [2.75, 3.05) is 46.6 Å². The van der Waals surface area contributed by atoms with Crippen molar-refractivity contribution in [1.29, 1.82) is 0 Å². The Labute approximate surface area is 243 Å². The summed E-state index contributed by atoms with van der Waals surface area (Å²) in [4.78, 5) is 23.6. The summed E-state index contributed by atoms with van der Waals surface area (Å²) < 4.78 is 63.8. The molecule has 1 aromatic heterocycles. The number of hydrogen-bond acceptors (Lipinski definition) is 8. The second-order valence-corrected chi connectivity index (χ2v) is 11.7. The van der Waals surface area contributed by atoms with Crippen LogP contribution in [0.3, 0.4) is 0 Å². The van der Waals surface area contributed by atoms with Crippen LogP contribution in [0.5, 0.6) is 0 Å². The molecular formula is C29H35FN2O9S. The number of rotatable bonds is 17. The second-order valence-electron chi connectivity index (χ2n) is 9.94. The van der Waals surface area contributed by atoms with Crippen LogP contribution in [0.15, 0.2) is 40.8 Å². The molecule has 42 heavy (non-hydrogen) atoms. The van der Waals surface area contributed by atoms with E-state index in [-0.39, 0.29) is 62.9 Å². The third kappa shape index (κ3) is 8.35. The van der Waals surface area contributed by atoms with E-state index in [1.165, 1.54) is 38.2 Å². The van der Waals surface area contributed by atoms with Crippen LogP contribution in [0.1, 0.15) is 47.2 Å². The van der Waals surface area contributed by atoms with E-state index in [4.69, 9.17) is 23.7 Å². The number of benzene rings is 2. The topological polar surface area (TPSA) is 153 Å². The van der Waals surface area contributed by atoms with Gasteiger partial charge in [0.05, 0.1) is 44.4 Å². The molecule has 3 aromatic rings. The molecule has 0 aliphatic heterocycles. The monoisotopic (exact) mass is 606 g/mol. The number of carbonyl (C=O) groups excluding carboxylic acids is 1. The van der Waals surface area contributed by atoms with Crippen molar-refractivity contribution < 1.29 is 46.1 Å². The van der Waals surface area contributed by atoms with Gasteiger partial charge >= 0.3 is 5.97 Å². The van der Waals surface area contributed by atoms with Gasteiger partial charge in [0.1, 0.15) is 17.2 Å². The fourth-order valence-electron chi connectivity index (χ4n) is 4.46. The molecule has 1 atom stereocenters. The van der Waals surface area contributed by atoms with Crippen molar-refractivity contribution in [1.82, 2.24) is 10.0 Å². The maximum atomic E-state index is 13.5. The van der Waals surface area contributed by atoms with E-state index in [2.05, 4.69) is 10.0 Å². The third-order valence-corrected chi connectivity index (χ3v) is 8.09. The number of ether oxygens (including phenoxy) is 3. The summed E-state index contributed by atoms with van der Waals surface area (Å²) in [5.41, 5.74) is 2.67. The molecule has 1 fully saturated rings. The molecule has 4 rings (SSSR count). The summed E-state index contributed by atoms with van der Waals surface area (Å²) in [6.45, 7) is 2.49. The minimum absolute atomic E-state index is 0.0683. The molecule has 1 heterocycles. The van der Waals surface area contributed by atoms with E-state index in [9.17, 15) is 22.4 Å². The first-order valence-corrected chi connectivity index (χ1v) is 15.3. The van der Waals surface area contributed by atoms with Crippen molar-refractivity contribution in [3.05, 3.63) is 58.9 Å². The van der Waals surface area contributed by atoms with Gasteiger partial charge in [-0.3, -0.25) is 4.79 Å². The number of fused-ring (bicyclic) bond motifs is 1. The lowest BCUT2D eigenvalue weighted by Gasteiger charge is -2.12. The first-order chi connectivity index (χ1) is 20.1. The van der Waals surface area contributed by atoms with Gasteiger partial charge in [-0.05, 0) is 73.2 Å². The van der Waals surface area contributed by atoms with Crippen LogP contribution in [-0.2, 0) is 34.8 Å². The zero-order chi connectivity index (χ0) is 30.3. The zero-order valence-electron chi connectivity index (χ0n) is 23.5. The lowest BCUT2D eigenvalue weighted by molar-refractivity contribution is -0.150. The van der Waals surface area contributed by atoms with Crippen LogP contribution < -0.4 is 10.0 Å². The fraction of sp³-hybridized carbons (Fsp3) is 0.448. The van der Waals surface area contributed by atoms with Crippen LogP contribution in [0.2, 0.25) is 0 Å². The number of furan rings is 1. The molecule has 13 heteroatoms. The summed E-state index contributed by atoms with van der Waals surface area (Å²) >= 11 is 0. The van der Waals surface area contributed by atoms with Crippen molar-refractivity contribution in [3.63, 3.8) is 0 Å². The first kappa shape index (κ1) is 31.6. The summed E-state index contributed by atoms with van der Waals surface area (Å²) in [6.07, 6.45) is 0.938. The molecule has 228 valence electrons. The Balaban J connectivity index is 1.37. The quantitative estimate of drug-likeness (QED) is 0.196. The molecule has 1 saturated carbocycles. The van der Waals surface area contributed by atoms with Crippen LogP contribution in [-0.4, -0.2) is 78.1 Å². The lowest BCUT2D eigenvalue weighted by Crippen LogP contribution is -2.29. The number of carboxylic acids is 1. The molecule has 2 aromatic carbocycles. The van der Waals surface area contributed by atoms with E-state index in [0.717, 1.165) is 18.4 Å². The largest absolute Gasteiger partial charge is 0.479 e. The van der Waals surface area contributed by atoms with Crippen LogP contribution in [0, 0.1) is 5.82 Å². The smallest absolute Gasteiger partial charge is 0.332 e. The lowest BCUT2D eigenvalue weighted by atomic mass is 9.98. The summed E-state index contributed by atoms with van der Waals surface area (Å²) in [7, 11) is -2.21. The number of amides is 1. The Kier molecular flexibility index (Phi) is 10.7. The van der Waals surface area contributed by atoms with Crippen molar-refractivity contribution in [2.24, 2.45) is 0 Å². The molecule has 0 saturated heterocycles. The molecular weight excluding hydrogens is 571 g/mol. The molecule has 1 unspecified atom stereocenters. The van der Waals surface area contributed by atoms with Gasteiger partial charge in [0.2, 0.25) is 10.0 Å². The number of carboxylic acid groups (broad SMARTS) is 1. The minimum atomic E-state index is -3.72. The van der Waals surface area contributed by atoms with Crippen molar-refractivity contribution in [3.8, 4) is 11.3 Å². The number of nitrogens with one attached hydrogen (secondary N) is 2. The highest BCUT2D eigenvalue weighted by Crippen LogP contribution is 2.45. The Morgan fingerprint density at radius 2 is 1.74 bits per heavy atom. The van der Waals surface area contributed by atoms with Gasteiger partial charge in [-0.25, -0.2) is 22.3 Å². The Morgan fingerprint density at radius 1 is 1.07 bits per heavy atom. The van der Waals surface area contributed by atoms with Crippen LogP contribution in [0.25, 0.3) is 22.3 Å². The fourth-order valence-corrected chi connectivity index (χ4v) is 5.61. The average Bonchev–Trinajstić information content (AvgIpc) is 3.73. The molecule has 1 aliphatic carbocycles. The third-order valence-electron chi connectivity index (χ3n) is 6.76. The Morgan fingerprint density at radius 3 is 2.38 bits per heavy atom. The average molecular weight is 607 g/mol. The standard InChI is InChI=1S/C29H35FN2O9S/c1-18(29(34)35)40-14-13-39-12-11-38-10-9-32-42(36,37)17-21-15-25-24(16-23(21)19-3-4-19)26(28(33)31-2)27(41-25)20-5-7-22(30)8-6-20/h5-8,15-16,18-19,32H,3-4,9-14,17H2,1-2H3,(H,31,33)(H,34,35). The minimum Gasteiger partial charge on any atom is -0.479 e. The molecule has 0 radical (unpaired) electrons. The highest BCUT2D eigenvalue weighted by atomic mass is 32.2. The molecule has 11 nitrogen and oxygen atoms in total. The Bertz CT molecular complexity index is 1500. The van der Waals surface area contributed by atoms with Crippen LogP contribution in [0.4, 0.5) is 4.39 Å². The number of aliphatic carboxylic acids is 1. The van der Waals surface area contributed by atoms with Crippen molar-refractivity contribution >= 4 is 32.9 Å². The highest BCUT2D eigenvalue weighted by molar-refractivity contribution is 7.88. The second kappa shape index (κ2) is 14.2. The predicted octanol–water partition coefficient (Wildman–Crippen LogP) is 3.42. The van der Waals surface area contributed by atoms with E-state index in [1.807, 2.05) is 6.07 Å². The van der Waals surface area contributed by atoms with Gasteiger partial charge in [-0.2, -0.15) is 0 Å². The van der Waals surface area contributed by atoms with Gasteiger partial charge in [-0.15, -0.1) is 0 Å². The molecule has 1 amide bonds. The summed E-state index contributed by atoms with van der Waals surface area (Å²) in [6, 6.07) is 9.15. The van der Waals surface area contributed by atoms with E-state index < -0.39 is 27.9 Å². The molecule has 0 bridgehead atoms. The summed E-state index contributed by atoms with van der Waals surface area (Å²) in [5.74, 6) is -1.61. The van der Waals surface area contributed by atoms with Gasteiger partial charge < -0.3 is 29.1 Å². The normalized spacial score (nSPS) is 14.3. The first-order valence-electron chi connectivity index (χ1n) is 13.6. The summed E-state index contributed by atoms with van der Waals surface area (Å²) in [5, 5.41) is 12.0. The number of carbonyl (C=O) groups is 2. The number of halogens is 1. The van der Waals surface area contributed by atoms with Crippen molar-refractivity contribution in [2.45, 2.75) is 37.5 Å². The molecule has 1 aliphatic rings. The zero-order valence-corrected chi connectivity index (χ0v) is 24.3. The highest BCUT2D eigenvalue weighted by Gasteiger charge is 2.31. The maximum Gasteiger partial charge on any atom is 0.332 e. The van der Waals surface area contributed by atoms with Gasteiger partial charge in [0.15, 0.2) is 6.10 Å². The van der Waals surface area contributed by atoms with E-state index in [1.54, 1.807) is 6.07 Å². The van der Waals surface area contributed by atoms with Gasteiger partial charge in [0.25, 0.3) is 5.91 Å². The Hall–Kier alpha value is -3.36. The SMILES string of the molecule is CNC(=O)c1c(-c2ccc(F)cc2)oc2cc(CS(=O)(=O)NCCOCCOCCOC(C)C(=O)O)c(C3CC3)cc12. The molecule has 3 N–H and O–H groups in total. The van der Waals surface area contributed by atoms with Crippen LogP contribution >= 0.6 is 0 Å². The van der Waals surface area contributed by atoms with E-state index >= 15 is 0 Å². The number of sulfonamides is 1. The predicted molar refractivity (Wildman–Crippen MR) is 152 cm³/mol. The number of hydrogen-bond donors (Lipinski definition) is 3. The van der Waals surface area contributed by atoms with E-state index in [0.29, 0.717) is 27.7 Å². The molecule has 0 spiro atoms.